The van der Waals surface area contributed by atoms with Crippen LogP contribution in [0.4, 0.5) is 0 Å². The Kier molecular flexibility index (Phi) is 4.56. The second-order valence-electron chi connectivity index (χ2n) is 4.67. The molecule has 1 aliphatic rings. The van der Waals surface area contributed by atoms with E-state index in [1.54, 1.807) is 11.0 Å². The quantitative estimate of drug-likeness (QED) is 0.570. The summed E-state index contributed by atoms with van der Waals surface area (Å²) in [6, 6.07) is 1.64. The third kappa shape index (κ3) is 2.75. The number of rotatable bonds is 4. The van der Waals surface area contributed by atoms with Gasteiger partial charge in [0.1, 0.15) is 6.61 Å². The maximum Gasteiger partial charge on any atom is 0.248 e. The molecule has 0 radical (unpaired) electrons. The van der Waals surface area contributed by atoms with E-state index < -0.39 is 17.5 Å². The zero-order chi connectivity index (χ0) is 14.7. The molecule has 0 bridgehead atoms. The number of carbonyl (C=O) groups excluding carboxylic acids is 2. The minimum Gasteiger partial charge on any atom is -0.387 e. The number of hydrogen-bond acceptors (Lipinski definition) is 5. The van der Waals surface area contributed by atoms with Crippen molar-refractivity contribution in [3.63, 3.8) is 0 Å². The van der Waals surface area contributed by atoms with Gasteiger partial charge in [-0.2, -0.15) is 0 Å². The molecule has 1 amide bonds. The van der Waals surface area contributed by atoms with Gasteiger partial charge in [-0.15, -0.1) is 0 Å². The molecule has 1 aromatic rings. The van der Waals surface area contributed by atoms with Gasteiger partial charge in [0.15, 0.2) is 6.29 Å². The number of amides is 1. The molecule has 0 unspecified atom stereocenters. The van der Waals surface area contributed by atoms with Gasteiger partial charge in [-0.25, -0.2) is 12.4 Å². The summed E-state index contributed by atoms with van der Waals surface area (Å²) >= 11 is 0. The summed E-state index contributed by atoms with van der Waals surface area (Å²) in [7, 11) is -2.86. The van der Waals surface area contributed by atoms with Crippen LogP contribution in [-0.2, 0) is 15.7 Å². The summed E-state index contributed by atoms with van der Waals surface area (Å²) in [4.78, 5) is 24.0. The average Bonchev–Trinajstić information content (AvgIpc) is 2.90. The van der Waals surface area contributed by atoms with E-state index in [0.29, 0.717) is 37.8 Å². The molecule has 2 rings (SSSR count). The van der Waals surface area contributed by atoms with Crippen molar-refractivity contribution < 1.29 is 23.1 Å². The van der Waals surface area contributed by atoms with E-state index in [-0.39, 0.29) is 17.5 Å². The first-order valence-corrected chi connectivity index (χ1v) is 7.41. The van der Waals surface area contributed by atoms with Crippen molar-refractivity contribution in [3.8, 4) is 0 Å². The van der Waals surface area contributed by atoms with Crippen molar-refractivity contribution in [2.75, 3.05) is 19.7 Å². The van der Waals surface area contributed by atoms with Gasteiger partial charge < -0.3 is 10.0 Å². The van der Waals surface area contributed by atoms with Gasteiger partial charge in [-0.3, -0.25) is 9.59 Å². The lowest BCUT2D eigenvalue weighted by molar-refractivity contribution is -0.135. The predicted octanol–water partition coefficient (Wildman–Crippen LogP) is -0.627. The van der Waals surface area contributed by atoms with Crippen LogP contribution in [0, 0.1) is 0 Å². The van der Waals surface area contributed by atoms with Crippen molar-refractivity contribution in [3.05, 3.63) is 23.5 Å². The van der Waals surface area contributed by atoms with Crippen LogP contribution in [0.1, 0.15) is 34.8 Å². The number of aliphatic hydroxyl groups excluding tert-OH is 1. The van der Waals surface area contributed by atoms with Crippen molar-refractivity contribution in [2.45, 2.75) is 18.8 Å². The lowest BCUT2D eigenvalue weighted by Crippen LogP contribution is -2.39. The van der Waals surface area contributed by atoms with Gasteiger partial charge in [0.2, 0.25) is 16.8 Å². The average molecular weight is 300 g/mol. The molecule has 110 valence electrons. The van der Waals surface area contributed by atoms with Crippen molar-refractivity contribution >= 4 is 23.1 Å². The minimum atomic E-state index is -2.86. The Morgan fingerprint density at radius 2 is 2.05 bits per heavy atom. The van der Waals surface area contributed by atoms with E-state index in [0.717, 1.165) is 3.97 Å². The van der Waals surface area contributed by atoms with Crippen LogP contribution >= 0.6 is 0 Å². The van der Waals surface area contributed by atoms with Crippen LogP contribution in [0.2, 0.25) is 0 Å². The fraction of sp³-hybridized carbons (Fsp3) is 0.500. The van der Waals surface area contributed by atoms with Crippen molar-refractivity contribution in [2.24, 2.45) is 0 Å². The molecular weight excluding hydrogens is 284 g/mol. The van der Waals surface area contributed by atoms with Gasteiger partial charge in [0.05, 0.1) is 5.69 Å². The number of aliphatic hydroxyl groups is 1. The molecule has 0 spiro atoms. The first kappa shape index (κ1) is 14.7. The molecule has 1 aliphatic heterocycles. The second kappa shape index (κ2) is 6.19. The Morgan fingerprint density at radius 1 is 1.40 bits per heavy atom. The molecule has 20 heavy (non-hydrogen) atoms. The molecule has 1 aromatic heterocycles. The Balaban J connectivity index is 2.15. The smallest absolute Gasteiger partial charge is 0.248 e. The lowest BCUT2D eigenvalue weighted by atomic mass is 9.89. The zero-order valence-electron chi connectivity index (χ0n) is 10.8. The van der Waals surface area contributed by atoms with Crippen LogP contribution in [0.5, 0.6) is 0 Å². The summed E-state index contributed by atoms with van der Waals surface area (Å²) in [5, 5.41) is 8.81. The van der Waals surface area contributed by atoms with Gasteiger partial charge in [-0.05, 0) is 30.4 Å². The number of aromatic nitrogens is 1. The van der Waals surface area contributed by atoms with Crippen LogP contribution in [0.25, 0.3) is 0 Å². The molecule has 0 atom stereocenters. The molecule has 7 nitrogen and oxygen atoms in total. The molecule has 1 fully saturated rings. The van der Waals surface area contributed by atoms with E-state index in [4.69, 9.17) is 5.11 Å². The van der Waals surface area contributed by atoms with Crippen molar-refractivity contribution in [1.82, 2.24) is 8.87 Å². The Labute approximate surface area is 117 Å². The van der Waals surface area contributed by atoms with Crippen LogP contribution in [0.3, 0.4) is 0 Å². The van der Waals surface area contributed by atoms with E-state index in [9.17, 15) is 18.0 Å². The third-order valence-corrected chi connectivity index (χ3v) is 4.35. The van der Waals surface area contributed by atoms with E-state index in [1.165, 1.54) is 6.20 Å². The van der Waals surface area contributed by atoms with E-state index >= 15 is 0 Å². The molecule has 0 saturated carbocycles. The van der Waals surface area contributed by atoms with E-state index in [2.05, 4.69) is 0 Å². The summed E-state index contributed by atoms with van der Waals surface area (Å²) in [6.07, 6.45) is 3.21. The largest absolute Gasteiger partial charge is 0.387 e. The Bertz CT molecular complexity index is 577. The number of likely N-dealkylation sites (tertiary alicyclic amines) is 1. The number of carbonyl (C=O) groups is 2. The number of aldehydes is 1. The molecule has 8 heteroatoms. The fourth-order valence-electron chi connectivity index (χ4n) is 2.60. The summed E-state index contributed by atoms with van der Waals surface area (Å²) < 4.78 is 23.0. The number of thiol groups is 1. The molecule has 2 heterocycles. The SMILES string of the molecule is O=Cc1c(C2CCN(C(=O)CO)CC2)ccn1[SH](=O)=O. The highest BCUT2D eigenvalue weighted by molar-refractivity contribution is 7.70. The third-order valence-electron chi connectivity index (χ3n) is 3.65. The Hall–Kier alpha value is -1.67. The summed E-state index contributed by atoms with van der Waals surface area (Å²) in [5.74, 6) is -0.256. The lowest BCUT2D eigenvalue weighted by Gasteiger charge is -2.31. The van der Waals surface area contributed by atoms with Gasteiger partial charge in [0, 0.05) is 19.3 Å². The van der Waals surface area contributed by atoms with Gasteiger partial charge in [0.25, 0.3) is 0 Å². The highest BCUT2D eigenvalue weighted by atomic mass is 32.2. The standard InChI is InChI=1S/C12H16N2O5S/c15-7-11-10(3-6-14(11)20(18)19)9-1-4-13(5-2-9)12(17)8-16/h3,6-7,9,16,20H,1-2,4-5,8H2. The molecule has 1 N–H and O–H groups in total. The normalized spacial score (nSPS) is 16.6. The minimum absolute atomic E-state index is 0.0501. The summed E-state index contributed by atoms with van der Waals surface area (Å²) in [5.41, 5.74) is 0.864. The first-order chi connectivity index (χ1) is 9.58. The molecule has 1 saturated heterocycles. The van der Waals surface area contributed by atoms with Crippen molar-refractivity contribution in [1.29, 1.82) is 0 Å². The van der Waals surface area contributed by atoms with Gasteiger partial charge >= 0.3 is 0 Å². The maximum atomic E-state index is 11.4. The van der Waals surface area contributed by atoms with Gasteiger partial charge in [-0.1, -0.05) is 0 Å². The number of nitrogens with zero attached hydrogens (tertiary/aromatic N) is 2. The molecule has 0 aromatic carbocycles. The van der Waals surface area contributed by atoms with Crippen LogP contribution in [-0.4, -0.2) is 54.3 Å². The second-order valence-corrected chi connectivity index (χ2v) is 5.58. The predicted molar refractivity (Wildman–Crippen MR) is 71.2 cm³/mol. The molecule has 0 aliphatic carbocycles. The van der Waals surface area contributed by atoms with Crippen LogP contribution in [0.15, 0.2) is 12.3 Å². The maximum absolute atomic E-state index is 11.4. The topological polar surface area (TPSA) is 96.7 Å². The molecular formula is C12H16N2O5S. The summed E-state index contributed by atoms with van der Waals surface area (Å²) in [6.45, 7) is 0.491. The highest BCUT2D eigenvalue weighted by Gasteiger charge is 2.26. The fourth-order valence-corrected chi connectivity index (χ4v) is 3.11. The monoisotopic (exact) mass is 300 g/mol. The Morgan fingerprint density at radius 3 is 2.55 bits per heavy atom. The number of hydrogen-bond donors (Lipinski definition) is 2. The highest BCUT2D eigenvalue weighted by Crippen LogP contribution is 2.30. The number of piperidine rings is 1. The van der Waals surface area contributed by atoms with E-state index in [1.807, 2.05) is 0 Å². The first-order valence-electron chi connectivity index (χ1n) is 6.28. The van der Waals surface area contributed by atoms with Crippen LogP contribution < -0.4 is 0 Å². The zero-order valence-corrected chi connectivity index (χ0v) is 11.7.